The van der Waals surface area contributed by atoms with Crippen LogP contribution in [-0.2, 0) is 11.3 Å². The smallest absolute Gasteiger partial charge is 0.236 e. The highest BCUT2D eigenvalue weighted by molar-refractivity contribution is 7.09. The summed E-state index contributed by atoms with van der Waals surface area (Å²) in [6, 6.07) is 4.76. The Hall–Kier alpha value is -0.910. The highest BCUT2D eigenvalue weighted by Gasteiger charge is 2.26. The number of thiophene rings is 1. The van der Waals surface area contributed by atoms with Gasteiger partial charge in [-0.1, -0.05) is 6.07 Å². The van der Waals surface area contributed by atoms with E-state index in [1.165, 1.54) is 24.1 Å². The summed E-state index contributed by atoms with van der Waals surface area (Å²) in [5, 5.41) is 2.14. The van der Waals surface area contributed by atoms with Crippen molar-refractivity contribution in [2.45, 2.75) is 38.8 Å². The Morgan fingerprint density at radius 1 is 1.18 bits per heavy atom. The van der Waals surface area contributed by atoms with Gasteiger partial charge in [-0.25, -0.2) is 0 Å². The van der Waals surface area contributed by atoms with Crippen molar-refractivity contribution >= 4 is 17.2 Å². The molecule has 0 bridgehead atoms. The number of carbonyl (C=O) groups excluding carboxylic acids is 1. The molecule has 2 saturated heterocycles. The van der Waals surface area contributed by atoms with Crippen LogP contribution in [0.2, 0.25) is 0 Å². The highest BCUT2D eigenvalue weighted by Crippen LogP contribution is 2.17. The van der Waals surface area contributed by atoms with Gasteiger partial charge in [0.25, 0.3) is 0 Å². The van der Waals surface area contributed by atoms with Gasteiger partial charge in [0.2, 0.25) is 5.91 Å². The second kappa shape index (κ2) is 7.57. The molecule has 1 amide bonds. The van der Waals surface area contributed by atoms with Crippen molar-refractivity contribution in [2.75, 3.05) is 39.3 Å². The van der Waals surface area contributed by atoms with E-state index in [2.05, 4.69) is 39.1 Å². The number of rotatable bonds is 4. The van der Waals surface area contributed by atoms with Crippen molar-refractivity contribution in [2.24, 2.45) is 0 Å². The number of piperidine rings is 1. The van der Waals surface area contributed by atoms with Gasteiger partial charge in [-0.2, -0.15) is 0 Å². The number of hydrogen-bond acceptors (Lipinski definition) is 4. The number of likely N-dealkylation sites (tertiary alicyclic amines) is 1. The monoisotopic (exact) mass is 321 g/mol. The van der Waals surface area contributed by atoms with Crippen LogP contribution in [0.3, 0.4) is 0 Å². The van der Waals surface area contributed by atoms with Gasteiger partial charge in [0.15, 0.2) is 0 Å². The third kappa shape index (κ3) is 4.09. The Labute approximate surface area is 137 Å². The lowest BCUT2D eigenvalue weighted by molar-refractivity contribution is -0.136. The summed E-state index contributed by atoms with van der Waals surface area (Å²) in [4.78, 5) is 20.8. The Morgan fingerprint density at radius 3 is 2.64 bits per heavy atom. The minimum absolute atomic E-state index is 0.332. The largest absolute Gasteiger partial charge is 0.339 e. The third-order valence-electron chi connectivity index (χ3n) is 4.91. The van der Waals surface area contributed by atoms with E-state index in [4.69, 9.17) is 0 Å². The zero-order valence-corrected chi connectivity index (χ0v) is 14.4. The molecule has 0 N–H and O–H groups in total. The highest BCUT2D eigenvalue weighted by atomic mass is 32.1. The average Bonchev–Trinajstić information content (AvgIpc) is 3.02. The van der Waals surface area contributed by atoms with Gasteiger partial charge in [-0.15, -0.1) is 11.3 Å². The first kappa shape index (κ1) is 16.0. The van der Waals surface area contributed by atoms with E-state index in [9.17, 15) is 4.79 Å². The Bertz CT molecular complexity index is 468. The number of hydrogen-bond donors (Lipinski definition) is 0. The molecule has 4 nitrogen and oxygen atoms in total. The first-order chi connectivity index (χ1) is 10.7. The molecular weight excluding hydrogens is 294 g/mol. The van der Waals surface area contributed by atoms with Crippen LogP contribution in [0.15, 0.2) is 17.5 Å². The molecule has 5 heteroatoms. The zero-order chi connectivity index (χ0) is 15.4. The van der Waals surface area contributed by atoms with Gasteiger partial charge >= 0.3 is 0 Å². The van der Waals surface area contributed by atoms with Crippen LogP contribution in [-0.4, -0.2) is 65.9 Å². The molecule has 1 unspecified atom stereocenters. The maximum Gasteiger partial charge on any atom is 0.236 e. The van der Waals surface area contributed by atoms with E-state index in [-0.39, 0.29) is 0 Å². The topological polar surface area (TPSA) is 26.8 Å². The van der Waals surface area contributed by atoms with E-state index in [1.807, 2.05) is 11.3 Å². The van der Waals surface area contributed by atoms with Crippen molar-refractivity contribution in [3.8, 4) is 0 Å². The van der Waals surface area contributed by atoms with Gasteiger partial charge in [-0.3, -0.25) is 14.6 Å². The Morgan fingerprint density at radius 2 is 1.95 bits per heavy atom. The average molecular weight is 321 g/mol. The molecule has 3 heterocycles. The summed E-state index contributed by atoms with van der Waals surface area (Å²) in [6.45, 7) is 8.98. The van der Waals surface area contributed by atoms with E-state index >= 15 is 0 Å². The molecule has 1 atom stereocenters. The molecular formula is C17H27N3OS. The lowest BCUT2D eigenvalue weighted by Gasteiger charge is -2.38. The summed E-state index contributed by atoms with van der Waals surface area (Å²) in [5.74, 6) is 0.332. The molecule has 22 heavy (non-hydrogen) atoms. The summed E-state index contributed by atoms with van der Waals surface area (Å²) in [7, 11) is 0. The lowest BCUT2D eigenvalue weighted by atomic mass is 10.0. The molecule has 0 spiro atoms. The molecule has 0 aromatic carbocycles. The number of nitrogens with zero attached hydrogens (tertiary/aromatic N) is 3. The fourth-order valence-electron chi connectivity index (χ4n) is 3.48. The third-order valence-corrected chi connectivity index (χ3v) is 5.77. The maximum absolute atomic E-state index is 12.5. The van der Waals surface area contributed by atoms with E-state index in [1.54, 1.807) is 0 Å². The van der Waals surface area contributed by atoms with Crippen LogP contribution in [0.4, 0.5) is 0 Å². The van der Waals surface area contributed by atoms with Crippen molar-refractivity contribution in [3.63, 3.8) is 0 Å². The van der Waals surface area contributed by atoms with Crippen molar-refractivity contribution in [1.82, 2.24) is 14.7 Å². The second-order valence-corrected chi connectivity index (χ2v) is 7.60. The molecule has 3 rings (SSSR count). The summed E-state index contributed by atoms with van der Waals surface area (Å²) >= 11 is 1.83. The fourth-order valence-corrected chi connectivity index (χ4v) is 4.23. The molecule has 2 fully saturated rings. The standard InChI is InChI=1S/C17H27N3OS/c1-15-5-2-3-7-20(15)17(21)14-19-10-8-18(9-11-19)13-16-6-4-12-22-16/h4,6,12,15H,2-3,5,7-11,13-14H2,1H3. The van der Waals surface area contributed by atoms with Gasteiger partial charge < -0.3 is 4.90 Å². The molecule has 0 aliphatic carbocycles. The number of amides is 1. The minimum atomic E-state index is 0.332. The second-order valence-electron chi connectivity index (χ2n) is 6.56. The van der Waals surface area contributed by atoms with E-state index in [0.717, 1.165) is 39.3 Å². The van der Waals surface area contributed by atoms with Crippen LogP contribution in [0.25, 0.3) is 0 Å². The van der Waals surface area contributed by atoms with Crippen molar-refractivity contribution < 1.29 is 4.79 Å². The Kier molecular flexibility index (Phi) is 5.50. The van der Waals surface area contributed by atoms with E-state index < -0.39 is 0 Å². The van der Waals surface area contributed by atoms with E-state index in [0.29, 0.717) is 18.5 Å². The lowest BCUT2D eigenvalue weighted by Crippen LogP contribution is -2.51. The van der Waals surface area contributed by atoms with Crippen LogP contribution in [0.5, 0.6) is 0 Å². The van der Waals surface area contributed by atoms with Crippen LogP contribution < -0.4 is 0 Å². The summed E-state index contributed by atoms with van der Waals surface area (Å²) in [5.41, 5.74) is 0. The fraction of sp³-hybridized carbons (Fsp3) is 0.706. The normalized spacial score (nSPS) is 24.6. The quantitative estimate of drug-likeness (QED) is 0.851. The first-order valence-electron chi connectivity index (χ1n) is 8.49. The first-order valence-corrected chi connectivity index (χ1v) is 9.37. The van der Waals surface area contributed by atoms with Crippen LogP contribution in [0.1, 0.15) is 31.1 Å². The molecule has 2 aliphatic rings. The summed E-state index contributed by atoms with van der Waals surface area (Å²) in [6.07, 6.45) is 3.61. The van der Waals surface area contributed by atoms with Gasteiger partial charge in [-0.05, 0) is 37.6 Å². The maximum atomic E-state index is 12.5. The predicted molar refractivity (Wildman–Crippen MR) is 91.1 cm³/mol. The minimum Gasteiger partial charge on any atom is -0.339 e. The molecule has 0 saturated carbocycles. The molecule has 122 valence electrons. The van der Waals surface area contributed by atoms with Gasteiger partial charge in [0.05, 0.1) is 6.54 Å². The Balaban J connectivity index is 1.42. The van der Waals surface area contributed by atoms with Gasteiger partial charge in [0, 0.05) is 50.2 Å². The van der Waals surface area contributed by atoms with Crippen molar-refractivity contribution in [1.29, 1.82) is 0 Å². The van der Waals surface area contributed by atoms with Crippen LogP contribution >= 0.6 is 11.3 Å². The zero-order valence-electron chi connectivity index (χ0n) is 13.5. The number of piperazine rings is 1. The molecule has 1 aromatic heterocycles. The van der Waals surface area contributed by atoms with Crippen LogP contribution in [0, 0.1) is 0 Å². The molecule has 0 radical (unpaired) electrons. The van der Waals surface area contributed by atoms with Gasteiger partial charge in [0.1, 0.15) is 0 Å². The van der Waals surface area contributed by atoms with Crippen molar-refractivity contribution in [3.05, 3.63) is 22.4 Å². The molecule has 1 aromatic rings. The molecule has 2 aliphatic heterocycles. The SMILES string of the molecule is CC1CCCCN1C(=O)CN1CCN(Cc2cccs2)CC1. The predicted octanol–water partition coefficient (Wildman–Crippen LogP) is 2.27. The summed E-state index contributed by atoms with van der Waals surface area (Å²) < 4.78 is 0. The number of carbonyl (C=O) groups is 1.